The zero-order valence-corrected chi connectivity index (χ0v) is 22.6. The molecule has 0 radical (unpaired) electrons. The molecule has 10 heteroatoms. The zero-order chi connectivity index (χ0) is 27.0. The van der Waals surface area contributed by atoms with Crippen molar-refractivity contribution in [2.24, 2.45) is 0 Å². The number of unbranched alkanes of at least 4 members (excludes halogenated alkanes) is 10. The molecule has 1 amide bonds. The van der Waals surface area contributed by atoms with Gasteiger partial charge < -0.3 is 24.6 Å². The number of aliphatic hydroxyl groups excluding tert-OH is 2. The van der Waals surface area contributed by atoms with Crippen molar-refractivity contribution in [1.82, 2.24) is 14.5 Å². The molecule has 2 unspecified atom stereocenters. The second-order valence-electron chi connectivity index (χ2n) is 9.95. The number of nitrogens with one attached hydrogen (secondary N) is 1. The highest BCUT2D eigenvalue weighted by Crippen LogP contribution is 2.30. The minimum Gasteiger partial charge on any atom is -0.394 e. The standard InChI is InChI=1S/C27H47N3O7/c1-3-5-7-9-11-13-16-29(17-14-12-10-8-6-4-2)23(33)20-36-25-24(34)21(19-31)37-26(25)30-18-15-22(32)28-27(30)35/h15,18,21,24-26,31,34H,3-14,16-17,19-20H2,1-2H3,(H,28,32,35)/t21-,24?,25?,26-/m1/s1. The Kier molecular flexibility index (Phi) is 14.8. The van der Waals surface area contributed by atoms with Gasteiger partial charge in [0, 0.05) is 25.4 Å². The van der Waals surface area contributed by atoms with Crippen LogP contribution in [-0.4, -0.2) is 75.2 Å². The van der Waals surface area contributed by atoms with E-state index in [0.717, 1.165) is 49.2 Å². The Bertz CT molecular complexity index is 871. The third kappa shape index (κ3) is 10.3. The molecule has 1 aromatic rings. The van der Waals surface area contributed by atoms with Gasteiger partial charge >= 0.3 is 5.69 Å². The highest BCUT2D eigenvalue weighted by atomic mass is 16.6. The predicted molar refractivity (Wildman–Crippen MR) is 141 cm³/mol. The van der Waals surface area contributed by atoms with Crippen LogP contribution in [0.1, 0.15) is 97.1 Å². The molecule has 1 fully saturated rings. The van der Waals surface area contributed by atoms with E-state index in [1.807, 2.05) is 4.90 Å². The molecule has 1 saturated heterocycles. The van der Waals surface area contributed by atoms with Crippen molar-refractivity contribution in [3.63, 3.8) is 0 Å². The maximum absolute atomic E-state index is 13.2. The molecule has 10 nitrogen and oxygen atoms in total. The van der Waals surface area contributed by atoms with E-state index in [1.165, 1.54) is 44.7 Å². The summed E-state index contributed by atoms with van der Waals surface area (Å²) >= 11 is 0. The monoisotopic (exact) mass is 525 g/mol. The number of aromatic amines is 1. The Hall–Kier alpha value is -2.01. The molecule has 4 atom stereocenters. The molecule has 0 aliphatic carbocycles. The summed E-state index contributed by atoms with van der Waals surface area (Å²) in [4.78, 5) is 40.9. The summed E-state index contributed by atoms with van der Waals surface area (Å²) in [6.07, 6.45) is 10.5. The Morgan fingerprint density at radius 2 is 1.57 bits per heavy atom. The Morgan fingerprint density at radius 3 is 2.11 bits per heavy atom. The van der Waals surface area contributed by atoms with Gasteiger partial charge in [0.05, 0.1) is 6.61 Å². The third-order valence-electron chi connectivity index (χ3n) is 6.93. The smallest absolute Gasteiger partial charge is 0.330 e. The number of H-pyrrole nitrogens is 1. The van der Waals surface area contributed by atoms with Crippen molar-refractivity contribution in [2.75, 3.05) is 26.3 Å². The summed E-state index contributed by atoms with van der Waals surface area (Å²) in [5, 5.41) is 20.2. The van der Waals surface area contributed by atoms with Crippen LogP contribution in [0.4, 0.5) is 0 Å². The first kappa shape index (κ1) is 31.2. The average molecular weight is 526 g/mol. The Balaban J connectivity index is 1.99. The molecule has 0 saturated carbocycles. The third-order valence-corrected chi connectivity index (χ3v) is 6.93. The fourth-order valence-corrected chi connectivity index (χ4v) is 4.69. The fourth-order valence-electron chi connectivity index (χ4n) is 4.69. The van der Waals surface area contributed by atoms with Crippen molar-refractivity contribution < 1.29 is 24.5 Å². The van der Waals surface area contributed by atoms with Gasteiger partial charge in [0.1, 0.15) is 24.9 Å². The number of carbonyl (C=O) groups is 1. The van der Waals surface area contributed by atoms with E-state index in [9.17, 15) is 24.6 Å². The largest absolute Gasteiger partial charge is 0.394 e. The zero-order valence-electron chi connectivity index (χ0n) is 22.6. The maximum atomic E-state index is 13.2. The summed E-state index contributed by atoms with van der Waals surface area (Å²) in [7, 11) is 0. The second kappa shape index (κ2) is 17.5. The molecule has 0 aromatic carbocycles. The van der Waals surface area contributed by atoms with Gasteiger partial charge in [-0.2, -0.15) is 0 Å². The van der Waals surface area contributed by atoms with Crippen molar-refractivity contribution >= 4 is 5.91 Å². The molecule has 0 bridgehead atoms. The van der Waals surface area contributed by atoms with E-state index in [1.54, 1.807) is 0 Å². The van der Waals surface area contributed by atoms with Gasteiger partial charge in [0.15, 0.2) is 6.23 Å². The van der Waals surface area contributed by atoms with Crippen LogP contribution in [0.5, 0.6) is 0 Å². The molecule has 1 aromatic heterocycles. The van der Waals surface area contributed by atoms with Gasteiger partial charge in [0.2, 0.25) is 5.91 Å². The maximum Gasteiger partial charge on any atom is 0.330 e. The van der Waals surface area contributed by atoms with E-state index in [0.29, 0.717) is 13.1 Å². The summed E-state index contributed by atoms with van der Waals surface area (Å²) in [6.45, 7) is 4.95. The van der Waals surface area contributed by atoms with E-state index in [4.69, 9.17) is 9.47 Å². The predicted octanol–water partition coefficient (Wildman–Crippen LogP) is 2.72. The van der Waals surface area contributed by atoms with Gasteiger partial charge in [-0.3, -0.25) is 19.1 Å². The van der Waals surface area contributed by atoms with Crippen LogP contribution in [-0.2, 0) is 14.3 Å². The number of carbonyl (C=O) groups excluding carboxylic acids is 1. The molecule has 1 aliphatic heterocycles. The van der Waals surface area contributed by atoms with Crippen LogP contribution in [0.25, 0.3) is 0 Å². The van der Waals surface area contributed by atoms with Crippen LogP contribution in [0, 0.1) is 0 Å². The number of aromatic nitrogens is 2. The summed E-state index contributed by atoms with van der Waals surface area (Å²) in [5.41, 5.74) is -1.29. The van der Waals surface area contributed by atoms with Crippen LogP contribution < -0.4 is 11.2 Å². The van der Waals surface area contributed by atoms with E-state index < -0.39 is 42.4 Å². The molecule has 2 rings (SSSR count). The molecule has 3 N–H and O–H groups in total. The van der Waals surface area contributed by atoms with Crippen molar-refractivity contribution in [3.05, 3.63) is 33.1 Å². The lowest BCUT2D eigenvalue weighted by atomic mass is 10.1. The van der Waals surface area contributed by atoms with E-state index in [2.05, 4.69) is 18.8 Å². The molecule has 0 spiro atoms. The topological polar surface area (TPSA) is 134 Å². The van der Waals surface area contributed by atoms with Crippen molar-refractivity contribution in [2.45, 2.75) is 115 Å². The van der Waals surface area contributed by atoms with Crippen LogP contribution >= 0.6 is 0 Å². The molecule has 212 valence electrons. The number of hydrogen-bond acceptors (Lipinski definition) is 7. The molecular weight excluding hydrogens is 478 g/mol. The van der Waals surface area contributed by atoms with Gasteiger partial charge in [-0.15, -0.1) is 0 Å². The highest BCUT2D eigenvalue weighted by molar-refractivity contribution is 5.77. The SMILES string of the molecule is CCCCCCCCN(CCCCCCCC)C(=O)COC1C(O)[C@@H](CO)O[C@H]1n1ccc(=O)[nH]c1=O. The first-order valence-electron chi connectivity index (χ1n) is 14.1. The van der Waals surface area contributed by atoms with Gasteiger partial charge in [-0.1, -0.05) is 78.1 Å². The first-order chi connectivity index (χ1) is 17.9. The van der Waals surface area contributed by atoms with Crippen LogP contribution in [0.15, 0.2) is 21.9 Å². The van der Waals surface area contributed by atoms with Crippen LogP contribution in [0.3, 0.4) is 0 Å². The molecular formula is C27H47N3O7. The lowest BCUT2D eigenvalue weighted by Crippen LogP contribution is -2.42. The summed E-state index contributed by atoms with van der Waals surface area (Å²) in [6, 6.07) is 1.16. The first-order valence-corrected chi connectivity index (χ1v) is 14.1. The van der Waals surface area contributed by atoms with E-state index >= 15 is 0 Å². The highest BCUT2D eigenvalue weighted by Gasteiger charge is 2.46. The molecule has 37 heavy (non-hydrogen) atoms. The fraction of sp³-hybridized carbons (Fsp3) is 0.815. The van der Waals surface area contributed by atoms with Crippen molar-refractivity contribution in [3.8, 4) is 0 Å². The second-order valence-corrected chi connectivity index (χ2v) is 9.95. The number of nitrogens with zero attached hydrogens (tertiary/aromatic N) is 2. The number of amides is 1. The summed E-state index contributed by atoms with van der Waals surface area (Å²) in [5.74, 6) is -0.172. The molecule has 1 aliphatic rings. The summed E-state index contributed by atoms with van der Waals surface area (Å²) < 4.78 is 12.6. The minimum absolute atomic E-state index is 0.172. The normalized spacial score (nSPS) is 21.4. The number of hydrogen-bond donors (Lipinski definition) is 3. The van der Waals surface area contributed by atoms with E-state index in [-0.39, 0.29) is 12.5 Å². The average Bonchev–Trinajstić information content (AvgIpc) is 3.20. The number of rotatable bonds is 19. The Labute approximate surface area is 220 Å². The quantitative estimate of drug-likeness (QED) is 0.236. The minimum atomic E-state index is -1.24. The number of aliphatic hydroxyl groups is 2. The lowest BCUT2D eigenvalue weighted by molar-refractivity contribution is -0.143. The molecule has 2 heterocycles. The van der Waals surface area contributed by atoms with Gasteiger partial charge in [-0.05, 0) is 12.8 Å². The van der Waals surface area contributed by atoms with Crippen molar-refractivity contribution in [1.29, 1.82) is 0 Å². The van der Waals surface area contributed by atoms with Crippen LogP contribution in [0.2, 0.25) is 0 Å². The Morgan fingerprint density at radius 1 is 1.00 bits per heavy atom. The lowest BCUT2D eigenvalue weighted by Gasteiger charge is -2.26. The van der Waals surface area contributed by atoms with Gasteiger partial charge in [-0.25, -0.2) is 4.79 Å². The number of ether oxygens (including phenoxy) is 2. The van der Waals surface area contributed by atoms with Gasteiger partial charge in [0.25, 0.3) is 5.56 Å².